The third-order valence-electron chi connectivity index (χ3n) is 7.67. The van der Waals surface area contributed by atoms with Crippen molar-refractivity contribution < 1.29 is 17.5 Å². The van der Waals surface area contributed by atoms with Gasteiger partial charge in [0, 0.05) is 24.7 Å². The number of para-hydroxylation sites is 1. The molecule has 1 spiro atoms. The van der Waals surface area contributed by atoms with Crippen molar-refractivity contribution in [2.24, 2.45) is 0 Å². The Morgan fingerprint density at radius 3 is 2.67 bits per heavy atom. The lowest BCUT2D eigenvalue weighted by atomic mass is 9.83. The molecular formula is C28H29FN2O3S2. The average molecular weight is 525 g/mol. The fourth-order valence-corrected chi connectivity index (χ4v) is 8.19. The van der Waals surface area contributed by atoms with E-state index in [-0.39, 0.29) is 11.4 Å². The molecule has 1 saturated heterocycles. The number of fused-ring (bicyclic) bond motifs is 3. The fraction of sp³-hybridized carbons (Fsp3) is 0.357. The van der Waals surface area contributed by atoms with Crippen molar-refractivity contribution in [3.63, 3.8) is 0 Å². The van der Waals surface area contributed by atoms with Crippen molar-refractivity contribution in [1.29, 1.82) is 0 Å². The summed E-state index contributed by atoms with van der Waals surface area (Å²) >= 11 is 1.24. The predicted molar refractivity (Wildman–Crippen MR) is 140 cm³/mol. The molecule has 4 aromatic rings. The molecule has 188 valence electrons. The molecule has 0 N–H and O–H groups in total. The van der Waals surface area contributed by atoms with Crippen molar-refractivity contribution in [1.82, 2.24) is 8.87 Å². The third-order valence-corrected chi connectivity index (χ3v) is 10.7. The number of hydrogen-bond donors (Lipinski definition) is 0. The first kappa shape index (κ1) is 23.9. The fourth-order valence-electron chi connectivity index (χ4n) is 5.72. The van der Waals surface area contributed by atoms with Crippen LogP contribution in [0.25, 0.3) is 10.9 Å². The molecule has 1 fully saturated rings. The largest absolute Gasteiger partial charge is 0.365 e. The van der Waals surface area contributed by atoms with Gasteiger partial charge in [0.2, 0.25) is 0 Å². The molecule has 36 heavy (non-hydrogen) atoms. The van der Waals surface area contributed by atoms with Gasteiger partial charge in [-0.3, -0.25) is 0 Å². The zero-order chi connectivity index (χ0) is 24.8. The van der Waals surface area contributed by atoms with E-state index in [1.807, 2.05) is 30.3 Å². The monoisotopic (exact) mass is 524 g/mol. The molecule has 5 nitrogen and oxygen atoms in total. The number of unbranched alkanes of at least 4 members (excludes halogenated alkanes) is 1. The highest BCUT2D eigenvalue weighted by Crippen LogP contribution is 2.44. The van der Waals surface area contributed by atoms with Crippen molar-refractivity contribution in [3.8, 4) is 0 Å². The zero-order valence-electron chi connectivity index (χ0n) is 20.0. The van der Waals surface area contributed by atoms with E-state index in [4.69, 9.17) is 4.74 Å². The maximum Gasteiger partial charge on any atom is 0.277 e. The van der Waals surface area contributed by atoms with Gasteiger partial charge in [-0.25, -0.2) is 8.36 Å². The third kappa shape index (κ3) is 4.20. The maximum absolute atomic E-state index is 13.9. The van der Waals surface area contributed by atoms with E-state index in [2.05, 4.69) is 4.90 Å². The molecule has 2 aromatic heterocycles. The van der Waals surface area contributed by atoms with Crippen molar-refractivity contribution in [2.45, 2.75) is 48.5 Å². The summed E-state index contributed by atoms with van der Waals surface area (Å²) in [7, 11) is -3.59. The van der Waals surface area contributed by atoms with Crippen LogP contribution in [0.5, 0.6) is 0 Å². The molecule has 4 heterocycles. The highest BCUT2D eigenvalue weighted by molar-refractivity contribution is 7.92. The molecule has 0 aliphatic carbocycles. The number of aromatic nitrogens is 1. The smallest absolute Gasteiger partial charge is 0.277 e. The maximum atomic E-state index is 13.9. The summed E-state index contributed by atoms with van der Waals surface area (Å²) in [5, 5.41) is 2.79. The second-order valence-electron chi connectivity index (χ2n) is 9.79. The minimum absolute atomic E-state index is 0.189. The molecule has 0 bridgehead atoms. The molecule has 0 unspecified atom stereocenters. The van der Waals surface area contributed by atoms with Crippen molar-refractivity contribution >= 4 is 32.3 Å². The van der Waals surface area contributed by atoms with Gasteiger partial charge in [-0.1, -0.05) is 30.3 Å². The summed E-state index contributed by atoms with van der Waals surface area (Å²) in [5.41, 5.74) is 3.63. The Morgan fingerprint density at radius 2 is 1.86 bits per heavy atom. The first-order valence-corrected chi connectivity index (χ1v) is 14.8. The topological polar surface area (TPSA) is 51.5 Å². The van der Waals surface area contributed by atoms with Crippen LogP contribution in [0.4, 0.5) is 4.39 Å². The highest BCUT2D eigenvalue weighted by Gasteiger charge is 2.42. The number of aryl methyl sites for hydroxylation is 1. The molecule has 0 saturated carbocycles. The van der Waals surface area contributed by atoms with E-state index >= 15 is 0 Å². The van der Waals surface area contributed by atoms with Crippen LogP contribution in [0.1, 0.15) is 42.4 Å². The summed E-state index contributed by atoms with van der Waals surface area (Å²) in [4.78, 5) is 2.47. The van der Waals surface area contributed by atoms with E-state index in [9.17, 15) is 12.8 Å². The van der Waals surface area contributed by atoms with Crippen LogP contribution < -0.4 is 0 Å². The molecule has 0 atom stereocenters. The van der Waals surface area contributed by atoms with Gasteiger partial charge >= 0.3 is 0 Å². The van der Waals surface area contributed by atoms with Crippen LogP contribution in [0.3, 0.4) is 0 Å². The SMILES string of the molecule is O=S(=O)(c1cccs1)n1cc(CCCCN2CCC3(CC2)OCc2ccc(F)cc23)c2ccccc21. The summed E-state index contributed by atoms with van der Waals surface area (Å²) in [6.45, 7) is 3.45. The Hall–Kier alpha value is -2.52. The van der Waals surface area contributed by atoms with Gasteiger partial charge in [-0.15, -0.1) is 11.3 Å². The number of benzene rings is 2. The van der Waals surface area contributed by atoms with Gasteiger partial charge in [0.15, 0.2) is 0 Å². The summed E-state index contributed by atoms with van der Waals surface area (Å²) < 4.78 is 48.2. The van der Waals surface area contributed by atoms with Crippen LogP contribution in [0.15, 0.2) is 70.4 Å². The number of hydrogen-bond acceptors (Lipinski definition) is 5. The summed E-state index contributed by atoms with van der Waals surface area (Å²) in [6, 6.07) is 16.2. The Bertz CT molecular complexity index is 1490. The van der Waals surface area contributed by atoms with Gasteiger partial charge in [0.1, 0.15) is 10.0 Å². The van der Waals surface area contributed by atoms with Gasteiger partial charge < -0.3 is 9.64 Å². The van der Waals surface area contributed by atoms with Crippen LogP contribution in [0.2, 0.25) is 0 Å². The number of ether oxygens (including phenoxy) is 1. The Labute approximate surface area is 215 Å². The number of likely N-dealkylation sites (tertiary alicyclic amines) is 1. The summed E-state index contributed by atoms with van der Waals surface area (Å²) in [5.74, 6) is -0.189. The Balaban J connectivity index is 1.08. The molecule has 8 heteroatoms. The van der Waals surface area contributed by atoms with Gasteiger partial charge in [-0.2, -0.15) is 8.42 Å². The van der Waals surface area contributed by atoms with Gasteiger partial charge in [-0.05, 0) is 85.0 Å². The van der Waals surface area contributed by atoms with E-state index < -0.39 is 10.0 Å². The average Bonchev–Trinajstić information content (AvgIpc) is 3.63. The van der Waals surface area contributed by atoms with Gasteiger partial charge in [0.05, 0.1) is 17.7 Å². The van der Waals surface area contributed by atoms with Crippen LogP contribution in [0, 0.1) is 5.82 Å². The molecule has 2 aromatic carbocycles. The number of nitrogens with zero attached hydrogens (tertiary/aromatic N) is 2. The Kier molecular flexibility index (Phi) is 6.24. The molecule has 6 rings (SSSR count). The lowest BCUT2D eigenvalue weighted by Gasteiger charge is -2.39. The number of halogens is 1. The molecule has 2 aliphatic heterocycles. The quantitative estimate of drug-likeness (QED) is 0.282. The first-order valence-electron chi connectivity index (χ1n) is 12.5. The Morgan fingerprint density at radius 1 is 1.03 bits per heavy atom. The lowest BCUT2D eigenvalue weighted by molar-refractivity contribution is -0.0789. The van der Waals surface area contributed by atoms with Gasteiger partial charge in [0.25, 0.3) is 10.0 Å². The van der Waals surface area contributed by atoms with E-state index in [0.29, 0.717) is 10.8 Å². The van der Waals surface area contributed by atoms with E-state index in [1.165, 1.54) is 21.4 Å². The van der Waals surface area contributed by atoms with Crippen LogP contribution >= 0.6 is 11.3 Å². The number of piperidine rings is 1. The number of rotatable bonds is 7. The first-order chi connectivity index (χ1) is 17.5. The van der Waals surface area contributed by atoms with Crippen LogP contribution in [-0.4, -0.2) is 36.9 Å². The lowest BCUT2D eigenvalue weighted by Crippen LogP contribution is -2.42. The highest BCUT2D eigenvalue weighted by atomic mass is 32.2. The summed E-state index contributed by atoms with van der Waals surface area (Å²) in [6.07, 6.45) is 6.43. The molecule has 2 aliphatic rings. The minimum Gasteiger partial charge on any atom is -0.365 e. The van der Waals surface area contributed by atoms with E-state index in [0.717, 1.165) is 79.3 Å². The molecule has 0 radical (unpaired) electrons. The molecular weight excluding hydrogens is 495 g/mol. The van der Waals surface area contributed by atoms with E-state index in [1.54, 1.807) is 29.8 Å². The number of thiophene rings is 1. The molecule has 0 amide bonds. The zero-order valence-corrected chi connectivity index (χ0v) is 21.7. The van der Waals surface area contributed by atoms with Crippen molar-refractivity contribution in [3.05, 3.63) is 88.7 Å². The predicted octanol–water partition coefficient (Wildman–Crippen LogP) is 5.92. The van der Waals surface area contributed by atoms with Crippen molar-refractivity contribution in [2.75, 3.05) is 19.6 Å². The second kappa shape index (κ2) is 9.41. The normalized spacial score (nSPS) is 17.7. The minimum atomic E-state index is -3.59. The van der Waals surface area contributed by atoms with Crippen LogP contribution in [-0.2, 0) is 33.4 Å². The standard InChI is InChI=1S/C28H29FN2O3S2/c29-23-11-10-22-20-34-28(25(22)18-23)12-15-30(16-13-28)14-4-3-6-21-19-31(26-8-2-1-7-24(21)26)36(32,33)27-9-5-17-35-27/h1-2,5,7-11,17-19H,3-4,6,12-16,20H2. The second-order valence-corrected chi connectivity index (χ2v) is 12.8.